The Morgan fingerprint density at radius 1 is 1.05 bits per heavy atom. The molecule has 0 saturated carbocycles. The molecule has 1 heterocycles. The van der Waals surface area contributed by atoms with Gasteiger partial charge in [0.2, 0.25) is 28.6 Å². The Labute approximate surface area is 219 Å². The van der Waals surface area contributed by atoms with Crippen molar-refractivity contribution in [1.29, 1.82) is 0 Å². The zero-order valence-corrected chi connectivity index (χ0v) is 23.0. The molecule has 0 bridgehead atoms. The molecule has 0 spiro atoms. The van der Waals surface area contributed by atoms with E-state index in [0.29, 0.717) is 23.6 Å². The molecule has 0 aromatic heterocycles. The maximum atomic E-state index is 13.5. The second kappa shape index (κ2) is 11.9. The molecule has 0 aliphatic carbocycles. The Balaban J connectivity index is 1.76. The largest absolute Gasteiger partial charge is 0.454 e. The Morgan fingerprint density at radius 3 is 2.35 bits per heavy atom. The second-order valence-electron chi connectivity index (χ2n) is 10.1. The third-order valence-electron chi connectivity index (χ3n) is 5.88. The maximum absolute atomic E-state index is 13.5. The van der Waals surface area contributed by atoms with E-state index in [4.69, 9.17) is 9.47 Å². The summed E-state index contributed by atoms with van der Waals surface area (Å²) in [6, 6.07) is 13.8. The first-order valence-corrected chi connectivity index (χ1v) is 14.3. The van der Waals surface area contributed by atoms with Crippen LogP contribution >= 0.6 is 0 Å². The van der Waals surface area contributed by atoms with Crippen molar-refractivity contribution in [3.63, 3.8) is 0 Å². The van der Waals surface area contributed by atoms with Gasteiger partial charge in [-0.1, -0.05) is 37.3 Å². The number of hydrogen-bond acceptors (Lipinski definition) is 6. The van der Waals surface area contributed by atoms with Crippen LogP contribution in [0.25, 0.3) is 0 Å². The van der Waals surface area contributed by atoms with Gasteiger partial charge in [-0.2, -0.15) is 0 Å². The molecule has 10 heteroatoms. The number of nitrogens with one attached hydrogen (secondary N) is 1. The summed E-state index contributed by atoms with van der Waals surface area (Å²) in [5.41, 5.74) is 0.916. The van der Waals surface area contributed by atoms with Crippen LogP contribution in [0.3, 0.4) is 0 Å². The van der Waals surface area contributed by atoms with E-state index >= 15 is 0 Å². The van der Waals surface area contributed by atoms with Crippen LogP contribution in [0.1, 0.15) is 52.5 Å². The average molecular weight is 532 g/mol. The first-order valence-electron chi connectivity index (χ1n) is 12.4. The highest BCUT2D eigenvalue weighted by Gasteiger charge is 2.31. The van der Waals surface area contributed by atoms with E-state index in [2.05, 4.69) is 5.32 Å². The molecule has 0 radical (unpaired) electrons. The van der Waals surface area contributed by atoms with E-state index < -0.39 is 21.6 Å². The van der Waals surface area contributed by atoms with Crippen molar-refractivity contribution < 1.29 is 27.5 Å². The van der Waals surface area contributed by atoms with Gasteiger partial charge in [-0.15, -0.1) is 0 Å². The zero-order chi connectivity index (χ0) is 27.2. The third kappa shape index (κ3) is 7.85. The summed E-state index contributed by atoms with van der Waals surface area (Å²) < 4.78 is 37.1. The number of anilines is 1. The van der Waals surface area contributed by atoms with Crippen LogP contribution in [0, 0.1) is 0 Å². The lowest BCUT2D eigenvalue weighted by atomic mass is 10.0. The normalized spacial score (nSPS) is 13.6. The fraction of sp³-hybridized carbons (Fsp3) is 0.481. The van der Waals surface area contributed by atoms with Gasteiger partial charge in [0.1, 0.15) is 6.04 Å². The van der Waals surface area contributed by atoms with Crippen molar-refractivity contribution >= 4 is 27.5 Å². The highest BCUT2D eigenvalue weighted by atomic mass is 32.2. The lowest BCUT2D eigenvalue weighted by Gasteiger charge is -2.33. The molecule has 37 heavy (non-hydrogen) atoms. The number of amides is 2. The summed E-state index contributed by atoms with van der Waals surface area (Å²) in [6.45, 7) is 8.06. The van der Waals surface area contributed by atoms with Gasteiger partial charge in [0.15, 0.2) is 11.5 Å². The number of ether oxygens (including phenoxy) is 2. The molecule has 2 aromatic rings. The smallest absolute Gasteiger partial charge is 0.243 e. The fourth-order valence-electron chi connectivity index (χ4n) is 4.20. The summed E-state index contributed by atoms with van der Waals surface area (Å²) >= 11 is 0. The van der Waals surface area contributed by atoms with Crippen LogP contribution in [0.4, 0.5) is 5.69 Å². The molecule has 1 aliphatic heterocycles. The zero-order valence-electron chi connectivity index (χ0n) is 22.2. The van der Waals surface area contributed by atoms with Crippen LogP contribution in [-0.2, 0) is 26.2 Å². The molecule has 3 rings (SSSR count). The van der Waals surface area contributed by atoms with Gasteiger partial charge in [0.05, 0.1) is 11.9 Å². The van der Waals surface area contributed by atoms with E-state index in [0.717, 1.165) is 11.8 Å². The molecule has 1 atom stereocenters. The van der Waals surface area contributed by atoms with Gasteiger partial charge in [-0.05, 0) is 51.3 Å². The minimum absolute atomic E-state index is 0.0860. The summed E-state index contributed by atoms with van der Waals surface area (Å²) in [5.74, 6) is 0.617. The van der Waals surface area contributed by atoms with Crippen LogP contribution < -0.4 is 19.1 Å². The molecule has 9 nitrogen and oxygen atoms in total. The summed E-state index contributed by atoms with van der Waals surface area (Å²) in [7, 11) is -3.61. The van der Waals surface area contributed by atoms with Crippen LogP contribution in [-0.4, -0.2) is 56.3 Å². The summed E-state index contributed by atoms with van der Waals surface area (Å²) in [5, 5.41) is 2.99. The Kier molecular flexibility index (Phi) is 9.07. The van der Waals surface area contributed by atoms with E-state index in [-0.39, 0.29) is 44.5 Å². The minimum atomic E-state index is -3.61. The lowest BCUT2D eigenvalue weighted by Crippen LogP contribution is -2.53. The number of sulfonamides is 1. The standard InChI is InChI=1S/C27H37N3O6S/c1-6-22(26(32)28-27(2,3)4)29(18-20-11-8-7-9-12-20)25(31)13-10-16-30(37(5,33)34)21-14-15-23-24(17-21)36-19-35-23/h7-9,11-12,14-15,17,22H,6,10,13,16,18-19H2,1-5H3,(H,28,32). The predicted molar refractivity (Wildman–Crippen MR) is 143 cm³/mol. The first kappa shape index (κ1) is 28.3. The number of fused-ring (bicyclic) bond motifs is 1. The lowest BCUT2D eigenvalue weighted by molar-refractivity contribution is -0.142. The van der Waals surface area contributed by atoms with Crippen molar-refractivity contribution in [2.24, 2.45) is 0 Å². The maximum Gasteiger partial charge on any atom is 0.243 e. The van der Waals surface area contributed by atoms with Crippen molar-refractivity contribution in [3.05, 3.63) is 54.1 Å². The molecule has 0 saturated heterocycles. The average Bonchev–Trinajstić information content (AvgIpc) is 3.28. The molecule has 1 unspecified atom stereocenters. The van der Waals surface area contributed by atoms with Crippen molar-refractivity contribution in [2.75, 3.05) is 23.9 Å². The van der Waals surface area contributed by atoms with E-state index in [1.807, 2.05) is 58.0 Å². The van der Waals surface area contributed by atoms with Gasteiger partial charge in [0.25, 0.3) is 0 Å². The van der Waals surface area contributed by atoms with Gasteiger partial charge in [-0.25, -0.2) is 8.42 Å². The molecular formula is C27H37N3O6S. The molecule has 0 fully saturated rings. The molecule has 2 aromatic carbocycles. The Morgan fingerprint density at radius 2 is 1.73 bits per heavy atom. The number of carbonyl (C=O) groups is 2. The highest BCUT2D eigenvalue weighted by molar-refractivity contribution is 7.92. The number of carbonyl (C=O) groups excluding carboxylic acids is 2. The van der Waals surface area contributed by atoms with Crippen molar-refractivity contribution in [3.8, 4) is 11.5 Å². The predicted octanol–water partition coefficient (Wildman–Crippen LogP) is 3.68. The Bertz CT molecular complexity index is 1190. The van der Waals surface area contributed by atoms with Gasteiger partial charge in [0, 0.05) is 31.1 Å². The van der Waals surface area contributed by atoms with E-state index in [9.17, 15) is 18.0 Å². The minimum Gasteiger partial charge on any atom is -0.454 e. The van der Waals surface area contributed by atoms with Crippen LogP contribution in [0.2, 0.25) is 0 Å². The summed E-state index contributed by atoms with van der Waals surface area (Å²) in [6.07, 6.45) is 1.95. The highest BCUT2D eigenvalue weighted by Crippen LogP contribution is 2.36. The van der Waals surface area contributed by atoms with Gasteiger partial charge in [-0.3, -0.25) is 13.9 Å². The first-order chi connectivity index (χ1) is 17.4. The summed E-state index contributed by atoms with van der Waals surface area (Å²) in [4.78, 5) is 28.2. The SMILES string of the molecule is CCC(C(=O)NC(C)(C)C)N(Cc1ccccc1)C(=O)CCCN(c1ccc2c(c1)OCO2)S(C)(=O)=O. The fourth-order valence-corrected chi connectivity index (χ4v) is 5.15. The topological polar surface area (TPSA) is 105 Å². The Hall–Kier alpha value is -3.27. The van der Waals surface area contributed by atoms with E-state index in [1.54, 1.807) is 23.1 Å². The molecule has 1 aliphatic rings. The number of hydrogen-bond donors (Lipinski definition) is 1. The number of nitrogens with zero attached hydrogens (tertiary/aromatic N) is 2. The van der Waals surface area contributed by atoms with E-state index in [1.165, 1.54) is 4.31 Å². The molecular weight excluding hydrogens is 494 g/mol. The number of rotatable bonds is 11. The number of benzene rings is 2. The monoisotopic (exact) mass is 531 g/mol. The van der Waals surface area contributed by atoms with Gasteiger partial charge >= 0.3 is 0 Å². The molecule has 2 amide bonds. The van der Waals surface area contributed by atoms with Gasteiger partial charge < -0.3 is 19.7 Å². The van der Waals surface area contributed by atoms with Crippen molar-refractivity contribution in [1.82, 2.24) is 10.2 Å². The van der Waals surface area contributed by atoms with Crippen LogP contribution in [0.5, 0.6) is 11.5 Å². The third-order valence-corrected chi connectivity index (χ3v) is 7.07. The van der Waals surface area contributed by atoms with Crippen molar-refractivity contribution in [2.45, 2.75) is 65.1 Å². The second-order valence-corrected chi connectivity index (χ2v) is 12.1. The van der Waals surface area contributed by atoms with Crippen LogP contribution in [0.15, 0.2) is 48.5 Å². The quantitative estimate of drug-likeness (QED) is 0.474. The molecule has 202 valence electrons. The molecule has 1 N–H and O–H groups in total.